The van der Waals surface area contributed by atoms with Gasteiger partial charge >= 0.3 is 0 Å². The van der Waals surface area contributed by atoms with Crippen molar-refractivity contribution in [2.75, 3.05) is 14.2 Å². The third-order valence-electron chi connectivity index (χ3n) is 3.51. The summed E-state index contributed by atoms with van der Waals surface area (Å²) in [5.41, 5.74) is 0.638. The molecule has 1 atom stereocenters. The van der Waals surface area contributed by atoms with Gasteiger partial charge in [0.05, 0.1) is 31.1 Å². The molecule has 24 heavy (non-hydrogen) atoms. The lowest BCUT2D eigenvalue weighted by atomic mass is 10.1. The minimum Gasteiger partial charge on any atom is -0.548 e. The molecule has 0 saturated carbocycles. The highest BCUT2D eigenvalue weighted by atomic mass is 32.2. The second-order valence-electron chi connectivity index (χ2n) is 4.88. The van der Waals surface area contributed by atoms with Crippen molar-refractivity contribution >= 4 is 46.3 Å². The minimum atomic E-state index is -1.32. The van der Waals surface area contributed by atoms with Crippen LogP contribution in [-0.2, 0) is 9.59 Å². The standard InChI is InChI=1S/C16H17NO5S2/c1-4-10(15(19)20)17-14(18)12(24-16(17)23)8-9-6-5-7-11(21-2)13(9)22-3/h5-8,10H,4H2,1-3H3,(H,19,20)/p-1/b12-8-/t10-/m0/s1. The fourth-order valence-corrected chi connectivity index (χ4v) is 3.72. The molecule has 1 saturated heterocycles. The van der Waals surface area contributed by atoms with Crippen molar-refractivity contribution < 1.29 is 24.2 Å². The number of hydrogen-bond donors (Lipinski definition) is 0. The number of hydrogen-bond acceptors (Lipinski definition) is 7. The largest absolute Gasteiger partial charge is 0.548 e. The zero-order valence-corrected chi connectivity index (χ0v) is 15.0. The smallest absolute Gasteiger partial charge is 0.266 e. The number of aliphatic carboxylic acids is 1. The lowest BCUT2D eigenvalue weighted by Crippen LogP contribution is -2.49. The lowest BCUT2D eigenvalue weighted by Gasteiger charge is -2.26. The van der Waals surface area contributed by atoms with Gasteiger partial charge in [-0.1, -0.05) is 43.0 Å². The molecule has 1 aromatic rings. The molecule has 1 amide bonds. The van der Waals surface area contributed by atoms with Crippen molar-refractivity contribution in [2.24, 2.45) is 0 Å². The quantitative estimate of drug-likeness (QED) is 0.557. The highest BCUT2D eigenvalue weighted by molar-refractivity contribution is 8.26. The van der Waals surface area contributed by atoms with Gasteiger partial charge in [-0.25, -0.2) is 0 Å². The van der Waals surface area contributed by atoms with E-state index in [1.165, 1.54) is 14.2 Å². The molecule has 6 nitrogen and oxygen atoms in total. The van der Waals surface area contributed by atoms with Crippen LogP contribution in [0, 0.1) is 0 Å². The highest BCUT2D eigenvalue weighted by Gasteiger charge is 2.37. The first-order valence-electron chi connectivity index (χ1n) is 7.13. The van der Waals surface area contributed by atoms with Crippen LogP contribution in [0.1, 0.15) is 18.9 Å². The molecule has 0 N–H and O–H groups in total. The monoisotopic (exact) mass is 366 g/mol. The Morgan fingerprint density at radius 2 is 2.12 bits per heavy atom. The van der Waals surface area contributed by atoms with Crippen LogP contribution in [0.2, 0.25) is 0 Å². The van der Waals surface area contributed by atoms with Gasteiger partial charge in [-0.2, -0.15) is 0 Å². The van der Waals surface area contributed by atoms with Gasteiger partial charge < -0.3 is 19.4 Å². The van der Waals surface area contributed by atoms with E-state index < -0.39 is 17.9 Å². The van der Waals surface area contributed by atoms with Crippen molar-refractivity contribution in [1.29, 1.82) is 0 Å². The van der Waals surface area contributed by atoms with E-state index in [1.807, 2.05) is 0 Å². The second-order valence-corrected chi connectivity index (χ2v) is 6.55. The maximum atomic E-state index is 12.6. The van der Waals surface area contributed by atoms with Crippen LogP contribution in [0.4, 0.5) is 0 Å². The summed E-state index contributed by atoms with van der Waals surface area (Å²) >= 11 is 6.21. The van der Waals surface area contributed by atoms with Crippen LogP contribution in [0.3, 0.4) is 0 Å². The van der Waals surface area contributed by atoms with E-state index in [9.17, 15) is 14.7 Å². The molecule has 8 heteroatoms. The molecule has 0 aliphatic carbocycles. The van der Waals surface area contributed by atoms with E-state index in [0.29, 0.717) is 22.0 Å². The SMILES string of the molecule is CC[C@@H](C(=O)[O-])N1C(=O)/C(=C/c2cccc(OC)c2OC)SC1=S. The summed E-state index contributed by atoms with van der Waals surface area (Å²) in [6.45, 7) is 1.66. The Kier molecular flexibility index (Phi) is 5.84. The Balaban J connectivity index is 2.41. The molecule has 0 radical (unpaired) electrons. The highest BCUT2D eigenvalue weighted by Crippen LogP contribution is 2.38. The summed E-state index contributed by atoms with van der Waals surface area (Å²) in [6, 6.07) is 4.20. The predicted molar refractivity (Wildman–Crippen MR) is 93.6 cm³/mol. The van der Waals surface area contributed by atoms with Crippen LogP contribution in [0.5, 0.6) is 11.5 Å². The number of methoxy groups -OCH3 is 2. The fraction of sp³-hybridized carbons (Fsp3) is 0.312. The predicted octanol–water partition coefficient (Wildman–Crippen LogP) is 1.43. The van der Waals surface area contributed by atoms with Crippen LogP contribution in [0.15, 0.2) is 23.1 Å². The van der Waals surface area contributed by atoms with Crippen molar-refractivity contribution in [2.45, 2.75) is 19.4 Å². The number of para-hydroxylation sites is 1. The normalized spacial score (nSPS) is 17.3. The number of carboxylic acid groups (broad SMARTS) is 1. The third kappa shape index (κ3) is 3.39. The Bertz CT molecular complexity index is 716. The Morgan fingerprint density at radius 1 is 1.42 bits per heavy atom. The first kappa shape index (κ1) is 18.3. The van der Waals surface area contributed by atoms with Gasteiger partial charge in [-0.3, -0.25) is 9.69 Å². The molecule has 1 aromatic carbocycles. The van der Waals surface area contributed by atoms with Crippen LogP contribution in [0.25, 0.3) is 6.08 Å². The molecule has 0 aromatic heterocycles. The molecule has 128 valence electrons. The van der Waals surface area contributed by atoms with Gasteiger partial charge in [-0.05, 0) is 18.6 Å². The molecule has 2 rings (SSSR count). The molecule has 1 fully saturated rings. The molecular formula is C16H16NO5S2-. The Labute approximate surface area is 149 Å². The number of carboxylic acids is 1. The van der Waals surface area contributed by atoms with E-state index in [4.69, 9.17) is 21.7 Å². The van der Waals surface area contributed by atoms with Crippen molar-refractivity contribution in [3.63, 3.8) is 0 Å². The molecule has 0 spiro atoms. The maximum Gasteiger partial charge on any atom is 0.266 e. The van der Waals surface area contributed by atoms with Crippen molar-refractivity contribution in [1.82, 2.24) is 4.90 Å². The van der Waals surface area contributed by atoms with Gasteiger partial charge in [0.25, 0.3) is 5.91 Å². The summed E-state index contributed by atoms with van der Waals surface area (Å²) in [6.07, 6.45) is 1.83. The van der Waals surface area contributed by atoms with E-state index in [1.54, 1.807) is 31.2 Å². The molecule has 0 unspecified atom stereocenters. The Morgan fingerprint density at radius 3 is 2.67 bits per heavy atom. The van der Waals surface area contributed by atoms with Gasteiger partial charge in [0.2, 0.25) is 0 Å². The van der Waals surface area contributed by atoms with E-state index >= 15 is 0 Å². The fourth-order valence-electron chi connectivity index (χ4n) is 2.37. The van der Waals surface area contributed by atoms with E-state index in [-0.39, 0.29) is 10.7 Å². The maximum absolute atomic E-state index is 12.6. The third-order valence-corrected chi connectivity index (χ3v) is 4.84. The van der Waals surface area contributed by atoms with Crippen molar-refractivity contribution in [3.8, 4) is 11.5 Å². The number of carbonyl (C=O) groups excluding carboxylic acids is 2. The number of rotatable bonds is 6. The second kappa shape index (κ2) is 7.67. The molecule has 1 aliphatic rings. The number of thiocarbonyl (C=S) groups is 1. The van der Waals surface area contributed by atoms with Gasteiger partial charge in [0, 0.05) is 5.56 Å². The van der Waals surface area contributed by atoms with E-state index in [0.717, 1.165) is 16.7 Å². The summed E-state index contributed by atoms with van der Waals surface area (Å²) in [7, 11) is 3.02. The first-order chi connectivity index (χ1) is 11.4. The van der Waals surface area contributed by atoms with Crippen molar-refractivity contribution in [3.05, 3.63) is 28.7 Å². The number of thioether (sulfide) groups is 1. The Hall–Kier alpha value is -2.06. The van der Waals surface area contributed by atoms with Gasteiger partial charge in [-0.15, -0.1) is 0 Å². The number of carbonyl (C=O) groups is 2. The van der Waals surface area contributed by atoms with Gasteiger partial charge in [0.1, 0.15) is 4.32 Å². The lowest BCUT2D eigenvalue weighted by molar-refractivity contribution is -0.310. The number of nitrogens with zero attached hydrogens (tertiary/aromatic N) is 1. The molecular weight excluding hydrogens is 350 g/mol. The van der Waals surface area contributed by atoms with Crippen LogP contribution >= 0.6 is 24.0 Å². The zero-order valence-electron chi connectivity index (χ0n) is 13.4. The number of amides is 1. The topological polar surface area (TPSA) is 78.9 Å². The number of benzene rings is 1. The van der Waals surface area contributed by atoms with Crippen LogP contribution in [-0.4, -0.2) is 41.4 Å². The molecule has 0 bridgehead atoms. The average molecular weight is 366 g/mol. The summed E-state index contributed by atoms with van der Waals surface area (Å²) in [5.74, 6) is -0.764. The summed E-state index contributed by atoms with van der Waals surface area (Å²) < 4.78 is 10.8. The molecule has 1 heterocycles. The summed E-state index contributed by atoms with van der Waals surface area (Å²) in [4.78, 5) is 25.2. The van der Waals surface area contributed by atoms with Crippen LogP contribution < -0.4 is 14.6 Å². The van der Waals surface area contributed by atoms with Gasteiger partial charge in [0.15, 0.2) is 11.5 Å². The van der Waals surface area contributed by atoms with E-state index in [2.05, 4.69) is 0 Å². The summed E-state index contributed by atoms with van der Waals surface area (Å²) in [5, 5.41) is 11.2. The first-order valence-corrected chi connectivity index (χ1v) is 8.36. The average Bonchev–Trinajstić information content (AvgIpc) is 2.82. The zero-order chi connectivity index (χ0) is 17.9. The molecule has 1 aliphatic heterocycles. The minimum absolute atomic E-state index is 0.198. The number of ether oxygens (including phenoxy) is 2.